The molecule has 0 radical (unpaired) electrons. The van der Waals surface area contributed by atoms with Crippen molar-refractivity contribution in [1.82, 2.24) is 33.2 Å². The highest BCUT2D eigenvalue weighted by Crippen LogP contribution is 2.46. The second-order valence-electron chi connectivity index (χ2n) is 23.2. The summed E-state index contributed by atoms with van der Waals surface area (Å²) in [6, 6.07) is 105. The van der Waals surface area contributed by atoms with Crippen molar-refractivity contribution < 1.29 is 0 Å². The molecule has 0 spiro atoms. The first-order valence-corrected chi connectivity index (χ1v) is 30.9. The van der Waals surface area contributed by atoms with Crippen molar-refractivity contribution in [1.29, 1.82) is 0 Å². The molecule has 6 aromatic heterocycles. The Morgan fingerprint density at radius 1 is 0.213 bits per heavy atom. The topological polar surface area (TPSA) is 58.4 Å². The van der Waals surface area contributed by atoms with Gasteiger partial charge in [0, 0.05) is 80.3 Å². The van der Waals surface area contributed by atoms with Gasteiger partial charge in [0.05, 0.1) is 44.1 Å². The van der Waals surface area contributed by atoms with Gasteiger partial charge in [-0.3, -0.25) is 4.57 Å². The first-order valence-electron chi connectivity index (χ1n) is 30.1. The minimum Gasteiger partial charge on any atom is -0.309 e. The fourth-order valence-corrected chi connectivity index (χ4v) is 15.5. The summed E-state index contributed by atoms with van der Waals surface area (Å²) in [5, 5.41) is 12.0. The van der Waals surface area contributed by atoms with E-state index in [9.17, 15) is 0 Å². The molecule has 0 saturated heterocycles. The number of fused-ring (bicyclic) bond motifs is 15. The third-order valence-electron chi connectivity index (χ3n) is 18.4. The second-order valence-corrected chi connectivity index (χ2v) is 24.3. The summed E-state index contributed by atoms with van der Waals surface area (Å²) >= 11 is 1.87. The van der Waals surface area contributed by atoms with Gasteiger partial charge in [-0.05, 0) is 172 Å². The van der Waals surface area contributed by atoms with E-state index in [1.807, 2.05) is 11.3 Å². The Labute approximate surface area is 514 Å². The first kappa shape index (κ1) is 49.5. The quantitative estimate of drug-likeness (QED) is 0.152. The molecular formula is C81H49N7S. The van der Waals surface area contributed by atoms with Crippen LogP contribution in [0.4, 0.5) is 0 Å². The lowest BCUT2D eigenvalue weighted by molar-refractivity contribution is 0.939. The molecule has 0 atom stereocenters. The third-order valence-corrected chi connectivity index (χ3v) is 19.5. The first-order chi connectivity index (χ1) is 44.1. The highest BCUT2D eigenvalue weighted by molar-refractivity contribution is 7.25. The van der Waals surface area contributed by atoms with E-state index in [-0.39, 0.29) is 0 Å². The number of nitrogens with zero attached hydrogens (tertiary/aromatic N) is 7. The number of hydrogen-bond donors (Lipinski definition) is 0. The maximum Gasteiger partial charge on any atom is 0.237 e. The van der Waals surface area contributed by atoms with Crippen LogP contribution in [0.2, 0.25) is 0 Å². The van der Waals surface area contributed by atoms with Crippen LogP contribution in [0.1, 0.15) is 0 Å². The second kappa shape index (κ2) is 19.4. The molecule has 0 bridgehead atoms. The zero-order valence-electron chi connectivity index (χ0n) is 47.8. The van der Waals surface area contributed by atoms with Gasteiger partial charge < -0.3 is 13.7 Å². The number of thiophene rings is 1. The molecule has 8 heteroatoms. The Bertz CT molecular complexity index is 6020. The predicted molar refractivity (Wildman–Crippen MR) is 372 cm³/mol. The van der Waals surface area contributed by atoms with E-state index in [4.69, 9.17) is 9.97 Å². The van der Waals surface area contributed by atoms with Crippen LogP contribution >= 0.6 is 11.3 Å². The van der Waals surface area contributed by atoms with Crippen LogP contribution < -0.4 is 0 Å². The molecule has 13 aromatic carbocycles. The van der Waals surface area contributed by atoms with Crippen molar-refractivity contribution >= 4 is 119 Å². The molecule has 414 valence electrons. The largest absolute Gasteiger partial charge is 0.309 e. The van der Waals surface area contributed by atoms with Gasteiger partial charge in [-0.1, -0.05) is 158 Å². The van der Waals surface area contributed by atoms with E-state index in [2.05, 4.69) is 308 Å². The normalized spacial score (nSPS) is 12.0. The average Bonchev–Trinajstić information content (AvgIpc) is 1.59. The fraction of sp³-hybridized carbons (Fsp3) is 0. The highest BCUT2D eigenvalue weighted by Gasteiger charge is 2.23. The Hall–Kier alpha value is -11.7. The van der Waals surface area contributed by atoms with Gasteiger partial charge in [-0.15, -0.1) is 11.3 Å². The average molecular weight is 1150 g/mol. The Kier molecular flexibility index (Phi) is 10.8. The number of aromatic nitrogens is 7. The smallest absolute Gasteiger partial charge is 0.237 e. The lowest BCUT2D eigenvalue weighted by Crippen LogP contribution is -2.00. The summed E-state index contributed by atoms with van der Waals surface area (Å²) in [5.41, 5.74) is 21.6. The molecule has 0 unspecified atom stereocenters. The molecule has 6 heterocycles. The molecule has 7 nitrogen and oxygen atoms in total. The molecule has 0 aliphatic carbocycles. The van der Waals surface area contributed by atoms with Crippen LogP contribution in [0, 0.1) is 0 Å². The summed E-state index contributed by atoms with van der Waals surface area (Å²) in [5.74, 6) is 0.573. The third kappa shape index (κ3) is 7.67. The number of hydrogen-bond acceptors (Lipinski definition) is 4. The van der Waals surface area contributed by atoms with E-state index < -0.39 is 0 Å². The minimum atomic E-state index is 0.573. The SMILES string of the molecule is c1ccc(-c2cc(-c3ccccc3)cc(-n3c4ccc(-c5ccc6c(c5)c5cc(-c7ccc8c(c7)c7cc9sc%10ccccc%10c9cc7n8-c7ccccc7)ccc5n6-c5ncncn5)cc4c4cc5c(cc43)c3ccccc3n5-c3ccccc3)c2)cc1. The summed E-state index contributed by atoms with van der Waals surface area (Å²) < 4.78 is 12.1. The molecule has 19 rings (SSSR count). The lowest BCUT2D eigenvalue weighted by atomic mass is 9.98. The van der Waals surface area contributed by atoms with E-state index in [1.165, 1.54) is 80.2 Å². The lowest BCUT2D eigenvalue weighted by Gasteiger charge is -2.14. The fourth-order valence-electron chi connectivity index (χ4n) is 14.3. The van der Waals surface area contributed by atoms with E-state index >= 15 is 0 Å². The van der Waals surface area contributed by atoms with Crippen LogP contribution in [0.3, 0.4) is 0 Å². The van der Waals surface area contributed by atoms with Crippen LogP contribution in [-0.2, 0) is 0 Å². The number of rotatable bonds is 8. The summed E-state index contributed by atoms with van der Waals surface area (Å²) in [6.45, 7) is 0. The van der Waals surface area contributed by atoms with Crippen LogP contribution in [0.5, 0.6) is 0 Å². The van der Waals surface area contributed by atoms with Gasteiger partial charge in [-0.25, -0.2) is 15.0 Å². The molecule has 89 heavy (non-hydrogen) atoms. The Morgan fingerprint density at radius 2 is 0.596 bits per heavy atom. The van der Waals surface area contributed by atoms with E-state index in [1.54, 1.807) is 12.7 Å². The molecule has 0 amide bonds. The van der Waals surface area contributed by atoms with Crippen molar-refractivity contribution in [2.45, 2.75) is 0 Å². The molecular weight excluding hydrogens is 1100 g/mol. The standard InChI is InChI=1S/C81H49N7S/c1-5-17-50(18-6-1)56-37-57(51-19-7-2-8-20-51)39-60(38-56)87-73-34-30-52(42-65(73)68-45-76-67(44-77(68)87)61-25-13-15-27-71(61)85(76)58-21-9-3-10-22-58)54-31-35-74-63(40-54)64-41-55(32-36-75(64)88(74)81-83-48-82-49-84-81)53-29-33-72-66(43-53)69-47-80-70(62-26-14-16-28-79(62)89-80)46-78(69)86(72)59-23-11-4-12-24-59/h1-49H. The number of para-hydroxylation sites is 3. The minimum absolute atomic E-state index is 0.573. The van der Waals surface area contributed by atoms with Gasteiger partial charge in [0.25, 0.3) is 0 Å². The monoisotopic (exact) mass is 1150 g/mol. The summed E-state index contributed by atoms with van der Waals surface area (Å²) in [4.78, 5) is 13.7. The van der Waals surface area contributed by atoms with Gasteiger partial charge in [0.1, 0.15) is 12.7 Å². The van der Waals surface area contributed by atoms with Crippen molar-refractivity contribution in [3.05, 3.63) is 298 Å². The maximum atomic E-state index is 4.74. The van der Waals surface area contributed by atoms with Gasteiger partial charge in [0.15, 0.2) is 0 Å². The van der Waals surface area contributed by atoms with Crippen LogP contribution in [0.15, 0.2) is 298 Å². The Balaban J connectivity index is 0.827. The van der Waals surface area contributed by atoms with E-state index in [0.29, 0.717) is 5.95 Å². The zero-order chi connectivity index (χ0) is 58.3. The van der Waals surface area contributed by atoms with Gasteiger partial charge in [-0.2, -0.15) is 0 Å². The predicted octanol–water partition coefficient (Wildman–Crippen LogP) is 21.3. The summed E-state index contributed by atoms with van der Waals surface area (Å²) in [6.07, 6.45) is 3.16. The Morgan fingerprint density at radius 3 is 1.11 bits per heavy atom. The van der Waals surface area contributed by atoms with Crippen molar-refractivity contribution in [2.75, 3.05) is 0 Å². The van der Waals surface area contributed by atoms with Crippen LogP contribution in [-0.4, -0.2) is 33.2 Å². The van der Waals surface area contributed by atoms with Crippen molar-refractivity contribution in [3.8, 4) is 67.5 Å². The highest BCUT2D eigenvalue weighted by atomic mass is 32.1. The van der Waals surface area contributed by atoms with Crippen molar-refractivity contribution in [2.24, 2.45) is 0 Å². The molecule has 0 aliphatic rings. The van der Waals surface area contributed by atoms with Crippen molar-refractivity contribution in [3.63, 3.8) is 0 Å². The maximum absolute atomic E-state index is 4.74. The van der Waals surface area contributed by atoms with Gasteiger partial charge in [0.2, 0.25) is 5.95 Å². The molecule has 0 aliphatic heterocycles. The molecule has 19 aromatic rings. The molecule has 0 saturated carbocycles. The van der Waals surface area contributed by atoms with Gasteiger partial charge >= 0.3 is 0 Å². The molecule has 0 fully saturated rings. The number of benzene rings is 13. The van der Waals surface area contributed by atoms with Crippen LogP contribution in [0.25, 0.3) is 175 Å². The zero-order valence-corrected chi connectivity index (χ0v) is 48.6. The summed E-state index contributed by atoms with van der Waals surface area (Å²) in [7, 11) is 0. The van der Waals surface area contributed by atoms with E-state index in [0.717, 1.165) is 88.8 Å². The molecule has 0 N–H and O–H groups in total.